The molecule has 0 saturated carbocycles. The first-order valence-corrected chi connectivity index (χ1v) is 8.16. The summed E-state index contributed by atoms with van der Waals surface area (Å²) in [6, 6.07) is 3.36. The Kier molecular flexibility index (Phi) is 5.67. The number of carbonyl (C=O) groups is 1. The number of rotatable bonds is 4. The number of nitriles is 1. The van der Waals surface area contributed by atoms with Gasteiger partial charge in [0.2, 0.25) is 0 Å². The molecule has 116 valence electrons. The number of Topliss-reactive ketones (excluding diaryl/α,β-unsaturated/α-hetero) is 1. The highest BCUT2D eigenvalue weighted by molar-refractivity contribution is 8.13. The zero-order valence-corrected chi connectivity index (χ0v) is 13.3. The molecule has 0 spiro atoms. The Labute approximate surface area is 133 Å². The van der Waals surface area contributed by atoms with Gasteiger partial charge in [0.05, 0.1) is 5.69 Å². The Balaban J connectivity index is 2.49. The number of hydrogen-bond donors (Lipinski definition) is 1. The molecule has 0 aromatic heterocycles. The summed E-state index contributed by atoms with van der Waals surface area (Å²) in [5.74, 6) is 1.12. The summed E-state index contributed by atoms with van der Waals surface area (Å²) in [4.78, 5) is 16.7. The van der Waals surface area contributed by atoms with E-state index in [4.69, 9.17) is 14.7 Å². The van der Waals surface area contributed by atoms with E-state index >= 15 is 0 Å². The van der Waals surface area contributed by atoms with Crippen molar-refractivity contribution in [2.45, 2.75) is 19.8 Å². The molecule has 2 rings (SSSR count). The maximum Gasteiger partial charge on any atom is 0.183 e. The molecular weight excluding hydrogens is 302 g/mol. The summed E-state index contributed by atoms with van der Waals surface area (Å²) in [6.07, 6.45) is 4.82. The molecular formula is C15H17N3O3S. The van der Waals surface area contributed by atoms with Gasteiger partial charge in [0.25, 0.3) is 0 Å². The van der Waals surface area contributed by atoms with Crippen molar-refractivity contribution in [1.82, 2.24) is 5.32 Å². The number of nitrogens with one attached hydrogen (secondary N) is 1. The standard InChI is InChI=1S/C15H17N3O3S/c1-3-4-12(19)10-7-13-14(21-6-5-20-13)8-11(10)18-15(22-2)17-9-16/h7-8H,3-6H2,1-2H3,(H,17,18). The fourth-order valence-electron chi connectivity index (χ4n) is 2.04. The van der Waals surface area contributed by atoms with E-state index in [2.05, 4.69) is 10.3 Å². The van der Waals surface area contributed by atoms with Gasteiger partial charge in [0.1, 0.15) is 13.2 Å². The van der Waals surface area contributed by atoms with E-state index < -0.39 is 0 Å². The molecule has 0 fully saturated rings. The lowest BCUT2D eigenvalue weighted by atomic mass is 10.0. The van der Waals surface area contributed by atoms with E-state index in [1.807, 2.05) is 13.1 Å². The number of ether oxygens (including phenoxy) is 2. The molecule has 22 heavy (non-hydrogen) atoms. The molecule has 0 atom stereocenters. The highest BCUT2D eigenvalue weighted by atomic mass is 32.2. The number of thioether (sulfide) groups is 1. The highest BCUT2D eigenvalue weighted by Crippen LogP contribution is 2.37. The molecule has 0 bridgehead atoms. The van der Waals surface area contributed by atoms with Crippen LogP contribution in [0.1, 0.15) is 30.1 Å². The van der Waals surface area contributed by atoms with Crippen LogP contribution in [0, 0.1) is 11.5 Å². The average Bonchev–Trinajstić information content (AvgIpc) is 2.54. The maximum atomic E-state index is 12.3. The van der Waals surface area contributed by atoms with Crippen molar-refractivity contribution < 1.29 is 14.3 Å². The molecule has 1 aromatic carbocycles. The lowest BCUT2D eigenvalue weighted by Gasteiger charge is -2.20. The highest BCUT2D eigenvalue weighted by Gasteiger charge is 2.19. The van der Waals surface area contributed by atoms with Gasteiger partial charge in [-0.3, -0.25) is 10.1 Å². The minimum atomic E-state index is -0.00404. The van der Waals surface area contributed by atoms with Crippen LogP contribution >= 0.6 is 11.8 Å². The molecule has 7 heteroatoms. The van der Waals surface area contributed by atoms with Gasteiger partial charge in [0.15, 0.2) is 28.6 Å². The van der Waals surface area contributed by atoms with E-state index in [0.717, 1.165) is 6.42 Å². The number of aliphatic imine (C=N–C) groups is 1. The van der Waals surface area contributed by atoms with Gasteiger partial charge in [-0.25, -0.2) is 4.99 Å². The summed E-state index contributed by atoms with van der Waals surface area (Å²) in [5.41, 5.74) is 0.965. The van der Waals surface area contributed by atoms with Crippen LogP contribution < -0.4 is 14.8 Å². The van der Waals surface area contributed by atoms with E-state index in [-0.39, 0.29) is 5.78 Å². The molecule has 1 aromatic rings. The van der Waals surface area contributed by atoms with Crippen LogP contribution in [0.3, 0.4) is 0 Å². The second kappa shape index (κ2) is 7.71. The molecule has 0 unspecified atom stereocenters. The molecule has 6 nitrogen and oxygen atoms in total. The van der Waals surface area contributed by atoms with Crippen LogP contribution in [-0.4, -0.2) is 30.4 Å². The van der Waals surface area contributed by atoms with Crippen LogP contribution in [0.2, 0.25) is 0 Å². The van der Waals surface area contributed by atoms with Gasteiger partial charge in [-0.05, 0) is 18.7 Å². The van der Waals surface area contributed by atoms with Crippen molar-refractivity contribution in [1.29, 1.82) is 5.26 Å². The van der Waals surface area contributed by atoms with Crippen LogP contribution in [0.4, 0.5) is 5.69 Å². The Morgan fingerprint density at radius 3 is 2.68 bits per heavy atom. The molecule has 0 aliphatic carbocycles. The summed E-state index contributed by atoms with van der Waals surface area (Å²) < 4.78 is 11.1. The SMILES string of the molecule is CCCC(=O)c1cc2c(cc1N=C(NC#N)SC)OCCO2. The Hall–Kier alpha value is -2.20. The average molecular weight is 319 g/mol. The van der Waals surface area contributed by atoms with Crippen LogP contribution in [0.15, 0.2) is 17.1 Å². The fourth-order valence-corrected chi connectivity index (χ4v) is 2.37. The third kappa shape index (κ3) is 3.71. The van der Waals surface area contributed by atoms with Gasteiger partial charge < -0.3 is 9.47 Å². The molecule has 1 heterocycles. The normalized spacial score (nSPS) is 13.4. The van der Waals surface area contributed by atoms with E-state index in [1.165, 1.54) is 11.8 Å². The molecule has 0 radical (unpaired) electrons. The van der Waals surface area contributed by atoms with Gasteiger partial charge in [0, 0.05) is 18.1 Å². The van der Waals surface area contributed by atoms with Gasteiger partial charge in [-0.2, -0.15) is 5.26 Å². The van der Waals surface area contributed by atoms with Gasteiger partial charge in [-0.15, -0.1) is 0 Å². The van der Waals surface area contributed by atoms with E-state index in [0.29, 0.717) is 47.6 Å². The minimum absolute atomic E-state index is 0.00404. The minimum Gasteiger partial charge on any atom is -0.486 e. The summed E-state index contributed by atoms with van der Waals surface area (Å²) in [6.45, 7) is 2.87. The first-order chi connectivity index (χ1) is 10.7. The number of amidine groups is 1. The summed E-state index contributed by atoms with van der Waals surface area (Å²) in [7, 11) is 0. The number of hydrogen-bond acceptors (Lipinski definition) is 6. The van der Waals surface area contributed by atoms with Crippen molar-refractivity contribution in [3.63, 3.8) is 0 Å². The first kappa shape index (κ1) is 16.2. The van der Waals surface area contributed by atoms with Crippen molar-refractivity contribution in [3.05, 3.63) is 17.7 Å². The Morgan fingerprint density at radius 2 is 2.09 bits per heavy atom. The molecule has 0 amide bonds. The largest absolute Gasteiger partial charge is 0.486 e. The number of fused-ring (bicyclic) bond motifs is 1. The zero-order chi connectivity index (χ0) is 15.9. The van der Waals surface area contributed by atoms with Gasteiger partial charge in [-0.1, -0.05) is 18.7 Å². The molecule has 1 aliphatic rings. The summed E-state index contributed by atoms with van der Waals surface area (Å²) in [5, 5.41) is 11.6. The molecule has 1 aliphatic heterocycles. The number of ketones is 1. The monoisotopic (exact) mass is 319 g/mol. The van der Waals surface area contributed by atoms with E-state index in [1.54, 1.807) is 18.4 Å². The first-order valence-electron chi connectivity index (χ1n) is 6.94. The number of nitrogens with zero attached hydrogens (tertiary/aromatic N) is 2. The lowest BCUT2D eigenvalue weighted by molar-refractivity contribution is 0.0981. The third-order valence-corrected chi connectivity index (χ3v) is 3.60. The van der Waals surface area contributed by atoms with Crippen molar-refractivity contribution in [2.75, 3.05) is 19.5 Å². The smallest absolute Gasteiger partial charge is 0.183 e. The molecule has 1 N–H and O–H groups in total. The predicted octanol–water partition coefficient (Wildman–Crippen LogP) is 2.86. The number of carbonyl (C=O) groups excluding carboxylic acids is 1. The van der Waals surface area contributed by atoms with Crippen molar-refractivity contribution in [2.24, 2.45) is 4.99 Å². The maximum absolute atomic E-state index is 12.3. The number of benzene rings is 1. The third-order valence-electron chi connectivity index (χ3n) is 3.02. The van der Waals surface area contributed by atoms with Crippen molar-refractivity contribution >= 4 is 28.4 Å². The Morgan fingerprint density at radius 1 is 1.41 bits per heavy atom. The predicted molar refractivity (Wildman–Crippen MR) is 86.0 cm³/mol. The van der Waals surface area contributed by atoms with Gasteiger partial charge >= 0.3 is 0 Å². The second-order valence-electron chi connectivity index (χ2n) is 4.54. The zero-order valence-electron chi connectivity index (χ0n) is 12.5. The topological polar surface area (TPSA) is 83.7 Å². The Bertz CT molecular complexity index is 638. The fraction of sp³-hybridized carbons (Fsp3) is 0.400. The van der Waals surface area contributed by atoms with Crippen LogP contribution in [-0.2, 0) is 0 Å². The lowest BCUT2D eigenvalue weighted by Crippen LogP contribution is -2.16. The van der Waals surface area contributed by atoms with Crippen LogP contribution in [0.25, 0.3) is 0 Å². The quantitative estimate of drug-likeness (QED) is 0.302. The van der Waals surface area contributed by atoms with Crippen LogP contribution in [0.5, 0.6) is 11.5 Å². The summed E-state index contributed by atoms with van der Waals surface area (Å²) >= 11 is 1.29. The molecule has 0 saturated heterocycles. The van der Waals surface area contributed by atoms with E-state index in [9.17, 15) is 4.79 Å². The van der Waals surface area contributed by atoms with Crippen molar-refractivity contribution in [3.8, 4) is 17.7 Å². The second-order valence-corrected chi connectivity index (χ2v) is 5.34.